The van der Waals surface area contributed by atoms with Gasteiger partial charge in [0.1, 0.15) is 34.9 Å². The summed E-state index contributed by atoms with van der Waals surface area (Å²) in [6, 6.07) is 0. The third-order valence-electron chi connectivity index (χ3n) is 5.67. The number of hydrogen-bond acceptors (Lipinski definition) is 0. The van der Waals surface area contributed by atoms with E-state index in [9.17, 15) is 35.1 Å². The summed E-state index contributed by atoms with van der Waals surface area (Å²) in [4.78, 5) is 0. The molecule has 14 heteroatoms. The molecule has 0 amide bonds. The summed E-state index contributed by atoms with van der Waals surface area (Å²) in [7, 11) is 0. The highest BCUT2D eigenvalue weighted by molar-refractivity contribution is 6.11. The number of rotatable bonds is 0. The normalized spacial score (nSPS) is 12.2. The van der Waals surface area contributed by atoms with Crippen molar-refractivity contribution in [2.75, 3.05) is 0 Å². The quantitative estimate of drug-likeness (QED) is 0.0819. The van der Waals surface area contributed by atoms with Gasteiger partial charge in [-0.1, -0.05) is 0 Å². The van der Waals surface area contributed by atoms with Crippen LogP contribution in [-0.2, 0) is 0 Å². The Kier molecular flexibility index (Phi) is 4.87. The molecule has 36 heavy (non-hydrogen) atoms. The maximum atomic E-state index is 15.3. The van der Waals surface area contributed by atoms with Crippen molar-refractivity contribution in [3.8, 4) is 0 Å². The summed E-state index contributed by atoms with van der Waals surface area (Å²) in [5.41, 5.74) is 0. The zero-order chi connectivity index (χ0) is 26.7. The highest BCUT2D eigenvalue weighted by atomic mass is 19.2. The molecule has 0 aromatic heterocycles. The Balaban J connectivity index is 2.22. The van der Waals surface area contributed by atoms with Crippen LogP contribution in [0, 0.1) is 81.4 Å². The second-order valence-electron chi connectivity index (χ2n) is 7.40. The Hall–Kier alpha value is -3.84. The van der Waals surface area contributed by atoms with E-state index in [1.54, 1.807) is 0 Å². The van der Waals surface area contributed by atoms with Gasteiger partial charge in [-0.15, -0.1) is 0 Å². The van der Waals surface area contributed by atoms with Gasteiger partial charge >= 0.3 is 0 Å². The maximum absolute atomic E-state index is 15.3. The Bertz CT molecular complexity index is 1610. The molecule has 0 spiro atoms. The van der Waals surface area contributed by atoms with Crippen molar-refractivity contribution in [1.82, 2.24) is 0 Å². The van der Waals surface area contributed by atoms with Crippen molar-refractivity contribution < 1.29 is 61.5 Å². The number of hydrogen-bond donors (Lipinski definition) is 0. The van der Waals surface area contributed by atoms with E-state index in [0.717, 1.165) is 0 Å². The smallest absolute Gasteiger partial charge is 0.198 e. The zero-order valence-electron chi connectivity index (χ0n) is 16.3. The number of fused-ring (bicyclic) bond motifs is 4. The van der Waals surface area contributed by atoms with Crippen molar-refractivity contribution in [2.24, 2.45) is 0 Å². The molecule has 0 radical (unpaired) electrons. The Labute approximate surface area is 186 Å². The van der Waals surface area contributed by atoms with E-state index in [1.807, 2.05) is 0 Å². The highest BCUT2D eigenvalue weighted by Gasteiger charge is 2.35. The summed E-state index contributed by atoms with van der Waals surface area (Å²) >= 11 is 0. The molecule has 5 aromatic rings. The van der Waals surface area contributed by atoms with E-state index < -0.39 is 125 Å². The van der Waals surface area contributed by atoms with Crippen LogP contribution in [0.5, 0.6) is 0 Å². The lowest BCUT2D eigenvalue weighted by atomic mass is 9.93. The first-order valence-electron chi connectivity index (χ1n) is 9.15. The Morgan fingerprint density at radius 1 is 0.139 bits per heavy atom. The first-order valence-corrected chi connectivity index (χ1v) is 9.15. The van der Waals surface area contributed by atoms with E-state index >= 15 is 26.3 Å². The van der Waals surface area contributed by atoms with Crippen LogP contribution in [0.2, 0.25) is 0 Å². The minimum atomic E-state index is -2.70. The molecule has 0 nitrogen and oxygen atoms in total. The molecule has 0 aliphatic carbocycles. The molecule has 0 fully saturated rings. The molecular weight excluding hydrogens is 530 g/mol. The van der Waals surface area contributed by atoms with Gasteiger partial charge in [-0.3, -0.25) is 0 Å². The van der Waals surface area contributed by atoms with E-state index in [1.165, 1.54) is 0 Å². The van der Waals surface area contributed by atoms with Crippen molar-refractivity contribution in [2.45, 2.75) is 0 Å². The van der Waals surface area contributed by atoms with Crippen LogP contribution in [0.3, 0.4) is 0 Å². The third kappa shape index (κ3) is 2.56. The average molecular weight is 530 g/mol. The van der Waals surface area contributed by atoms with E-state index in [0.29, 0.717) is 0 Å². The molecule has 0 heterocycles. The van der Waals surface area contributed by atoms with Crippen LogP contribution in [0.25, 0.3) is 43.1 Å². The second-order valence-corrected chi connectivity index (χ2v) is 7.40. The van der Waals surface area contributed by atoms with Gasteiger partial charge in [0.05, 0.1) is 43.1 Å². The molecule has 0 saturated carbocycles. The second kappa shape index (κ2) is 7.34. The van der Waals surface area contributed by atoms with Crippen LogP contribution in [0.15, 0.2) is 0 Å². The minimum absolute atomic E-state index is 2.10. The van der Waals surface area contributed by atoms with E-state index in [-0.39, 0.29) is 0 Å². The number of halogens is 14. The zero-order valence-corrected chi connectivity index (χ0v) is 16.3. The van der Waals surface area contributed by atoms with Crippen molar-refractivity contribution in [3.05, 3.63) is 81.4 Å². The molecule has 5 rings (SSSR count). The molecule has 0 saturated heterocycles. The van der Waals surface area contributed by atoms with Crippen LogP contribution >= 0.6 is 0 Å². The summed E-state index contributed by atoms with van der Waals surface area (Å²) < 4.78 is 202. The maximum Gasteiger partial charge on any atom is 0.198 e. The standard InChI is InChI=1S/C22F14/c23-9-1-2(12(26)6-5(11(1)25)15(29)19(33)20(34)16(6)30)10(24)4-3(9)13(27)7-8(14(4)28)18(32)22(36)21(35)17(7)31. The first-order chi connectivity index (χ1) is 16.7. The molecule has 0 N–H and O–H groups in total. The van der Waals surface area contributed by atoms with Gasteiger partial charge in [-0.2, -0.15) is 0 Å². The van der Waals surface area contributed by atoms with Gasteiger partial charge in [-0.25, -0.2) is 61.5 Å². The lowest BCUT2D eigenvalue weighted by Gasteiger charge is -2.16. The van der Waals surface area contributed by atoms with E-state index in [4.69, 9.17) is 0 Å². The lowest BCUT2D eigenvalue weighted by Crippen LogP contribution is -2.08. The molecule has 0 unspecified atom stereocenters. The Morgan fingerprint density at radius 2 is 0.250 bits per heavy atom. The molecule has 0 aliphatic heterocycles. The summed E-state index contributed by atoms with van der Waals surface area (Å²) in [6.07, 6.45) is 0. The molecule has 0 bridgehead atoms. The van der Waals surface area contributed by atoms with Gasteiger partial charge in [0.15, 0.2) is 46.5 Å². The molecule has 5 aromatic carbocycles. The highest BCUT2D eigenvalue weighted by Crippen LogP contribution is 2.45. The predicted molar refractivity (Wildman–Crippen MR) is 95.9 cm³/mol. The van der Waals surface area contributed by atoms with Gasteiger partial charge < -0.3 is 0 Å². The van der Waals surface area contributed by atoms with Gasteiger partial charge in [0.2, 0.25) is 0 Å². The van der Waals surface area contributed by atoms with Crippen molar-refractivity contribution >= 4 is 43.1 Å². The molecular formula is C22F14. The van der Waals surface area contributed by atoms with Gasteiger partial charge in [0.25, 0.3) is 0 Å². The summed E-state index contributed by atoms with van der Waals surface area (Å²) in [6.45, 7) is 0. The van der Waals surface area contributed by atoms with Crippen LogP contribution in [0.4, 0.5) is 61.5 Å². The van der Waals surface area contributed by atoms with Crippen LogP contribution < -0.4 is 0 Å². The fraction of sp³-hybridized carbons (Fsp3) is 0. The molecule has 0 aliphatic rings. The largest absolute Gasteiger partial charge is 0.205 e. The SMILES string of the molecule is Fc1c(F)c(F)c2c(F)c3c(F)c4c(F)c5c(F)c(F)c(F)c(F)c5c(F)c4c(F)c3c(F)c2c1F. The summed E-state index contributed by atoms with van der Waals surface area (Å²) in [5.74, 6) is -36.4. The van der Waals surface area contributed by atoms with E-state index in [2.05, 4.69) is 0 Å². The van der Waals surface area contributed by atoms with Crippen LogP contribution in [-0.4, -0.2) is 0 Å². The Morgan fingerprint density at radius 3 is 0.389 bits per heavy atom. The van der Waals surface area contributed by atoms with Crippen molar-refractivity contribution in [3.63, 3.8) is 0 Å². The van der Waals surface area contributed by atoms with Crippen LogP contribution in [0.1, 0.15) is 0 Å². The summed E-state index contributed by atoms with van der Waals surface area (Å²) in [5, 5.41) is -16.8. The first kappa shape index (κ1) is 23.9. The fourth-order valence-corrected chi connectivity index (χ4v) is 4.10. The lowest BCUT2D eigenvalue weighted by molar-refractivity contribution is 0.414. The monoisotopic (exact) mass is 530 g/mol. The number of benzene rings is 5. The third-order valence-corrected chi connectivity index (χ3v) is 5.67. The fourth-order valence-electron chi connectivity index (χ4n) is 4.10. The van der Waals surface area contributed by atoms with Gasteiger partial charge in [-0.05, 0) is 0 Å². The average Bonchev–Trinajstić information content (AvgIpc) is 2.83. The van der Waals surface area contributed by atoms with Crippen molar-refractivity contribution in [1.29, 1.82) is 0 Å². The topological polar surface area (TPSA) is 0 Å². The molecule has 186 valence electrons. The predicted octanol–water partition coefficient (Wildman–Crippen LogP) is 8.25. The molecule has 0 atom stereocenters. The minimum Gasteiger partial charge on any atom is -0.205 e. The van der Waals surface area contributed by atoms with Gasteiger partial charge in [0, 0.05) is 0 Å².